The molecule has 0 N–H and O–H groups in total. The highest BCUT2D eigenvalue weighted by atomic mass is 79.9. The summed E-state index contributed by atoms with van der Waals surface area (Å²) in [4.78, 5) is 16.7. The van der Waals surface area contributed by atoms with Crippen molar-refractivity contribution in [3.63, 3.8) is 0 Å². The van der Waals surface area contributed by atoms with E-state index in [1.165, 1.54) is 0 Å². The van der Waals surface area contributed by atoms with Gasteiger partial charge in [0.1, 0.15) is 0 Å². The molecule has 1 saturated heterocycles. The second-order valence-electron chi connectivity index (χ2n) is 5.13. The highest BCUT2D eigenvalue weighted by Gasteiger charge is 2.19. The van der Waals surface area contributed by atoms with Gasteiger partial charge in [-0.3, -0.25) is 9.69 Å². The molecule has 1 fully saturated rings. The number of nitrogens with zero attached hydrogens (tertiary/aromatic N) is 3. The minimum absolute atomic E-state index is 0.0315. The van der Waals surface area contributed by atoms with E-state index >= 15 is 0 Å². The molecule has 0 unspecified atom stereocenters. The van der Waals surface area contributed by atoms with Gasteiger partial charge in [0.15, 0.2) is 0 Å². The summed E-state index contributed by atoms with van der Waals surface area (Å²) in [6, 6.07) is 9.52. The fourth-order valence-corrected chi connectivity index (χ4v) is 2.85. The Balaban J connectivity index is 2.00. The van der Waals surface area contributed by atoms with Gasteiger partial charge < -0.3 is 9.64 Å². The van der Waals surface area contributed by atoms with Crippen LogP contribution >= 0.6 is 15.9 Å². The lowest BCUT2D eigenvalue weighted by Crippen LogP contribution is -2.43. The van der Waals surface area contributed by atoms with E-state index < -0.39 is 0 Å². The minimum Gasteiger partial charge on any atom is -0.379 e. The lowest BCUT2D eigenvalue weighted by Gasteiger charge is -2.30. The van der Waals surface area contributed by atoms with Crippen molar-refractivity contribution in [3.8, 4) is 6.07 Å². The first-order chi connectivity index (χ1) is 10.7. The van der Waals surface area contributed by atoms with E-state index in [2.05, 4.69) is 26.9 Å². The number of ether oxygens (including phenoxy) is 1. The molecular weight excluding hydrogens is 346 g/mol. The van der Waals surface area contributed by atoms with Gasteiger partial charge in [-0.25, -0.2) is 0 Å². The Kier molecular flexibility index (Phi) is 6.84. The fraction of sp³-hybridized carbons (Fsp3) is 0.500. The monoisotopic (exact) mass is 365 g/mol. The van der Waals surface area contributed by atoms with E-state index in [1.54, 1.807) is 11.0 Å². The Morgan fingerprint density at radius 3 is 2.73 bits per heavy atom. The molecule has 22 heavy (non-hydrogen) atoms. The van der Waals surface area contributed by atoms with Crippen molar-refractivity contribution in [1.82, 2.24) is 9.80 Å². The van der Waals surface area contributed by atoms with E-state index in [-0.39, 0.29) is 5.91 Å². The number of rotatable bonds is 6. The standard InChI is InChI=1S/C16H20BrN3O2/c17-15-5-2-1-4-14(15)16(21)20(7-3-6-18)9-8-19-10-12-22-13-11-19/h1-2,4-5H,3,7-13H2. The summed E-state index contributed by atoms with van der Waals surface area (Å²) in [6.07, 6.45) is 0.347. The van der Waals surface area contributed by atoms with Crippen LogP contribution in [0.1, 0.15) is 16.8 Å². The average Bonchev–Trinajstić information content (AvgIpc) is 2.56. The van der Waals surface area contributed by atoms with Gasteiger partial charge in [0.2, 0.25) is 0 Å². The van der Waals surface area contributed by atoms with Crippen molar-refractivity contribution in [1.29, 1.82) is 5.26 Å². The van der Waals surface area contributed by atoms with Crippen LogP contribution in [0.5, 0.6) is 0 Å². The van der Waals surface area contributed by atoms with Crippen LogP contribution in [0.2, 0.25) is 0 Å². The number of hydrogen-bond donors (Lipinski definition) is 0. The molecule has 0 aromatic heterocycles. The predicted molar refractivity (Wildman–Crippen MR) is 87.5 cm³/mol. The Morgan fingerprint density at radius 1 is 1.32 bits per heavy atom. The molecule has 1 aliphatic rings. The van der Waals surface area contributed by atoms with Crippen molar-refractivity contribution in [2.24, 2.45) is 0 Å². The quantitative estimate of drug-likeness (QED) is 0.774. The lowest BCUT2D eigenvalue weighted by atomic mass is 10.2. The zero-order chi connectivity index (χ0) is 15.8. The van der Waals surface area contributed by atoms with Crippen LogP contribution < -0.4 is 0 Å². The molecule has 0 bridgehead atoms. The first kappa shape index (κ1) is 16.9. The van der Waals surface area contributed by atoms with E-state index in [4.69, 9.17) is 10.00 Å². The predicted octanol–water partition coefficient (Wildman–Crippen LogP) is 2.14. The maximum Gasteiger partial charge on any atom is 0.255 e. The molecule has 1 aliphatic heterocycles. The van der Waals surface area contributed by atoms with Crippen molar-refractivity contribution in [2.45, 2.75) is 6.42 Å². The van der Waals surface area contributed by atoms with Crippen molar-refractivity contribution < 1.29 is 9.53 Å². The molecular formula is C16H20BrN3O2. The minimum atomic E-state index is -0.0315. The number of halogens is 1. The summed E-state index contributed by atoms with van der Waals surface area (Å²) in [7, 11) is 0. The third kappa shape index (κ3) is 4.80. The molecule has 0 saturated carbocycles. The Labute approximate surface area is 139 Å². The molecule has 5 nitrogen and oxygen atoms in total. The Bertz CT molecular complexity index is 538. The molecule has 1 aromatic carbocycles. The van der Waals surface area contributed by atoms with E-state index in [9.17, 15) is 4.79 Å². The maximum atomic E-state index is 12.7. The fourth-order valence-electron chi connectivity index (χ4n) is 2.39. The third-order valence-corrected chi connectivity index (χ3v) is 4.37. The largest absolute Gasteiger partial charge is 0.379 e. The van der Waals surface area contributed by atoms with Gasteiger partial charge in [-0.1, -0.05) is 12.1 Å². The number of carbonyl (C=O) groups is 1. The number of hydrogen-bond acceptors (Lipinski definition) is 4. The smallest absolute Gasteiger partial charge is 0.255 e. The van der Waals surface area contributed by atoms with E-state index in [0.717, 1.165) is 37.3 Å². The highest BCUT2D eigenvalue weighted by molar-refractivity contribution is 9.10. The number of amides is 1. The third-order valence-electron chi connectivity index (χ3n) is 3.67. The second kappa shape index (κ2) is 8.89. The summed E-state index contributed by atoms with van der Waals surface area (Å²) >= 11 is 3.42. The van der Waals surface area contributed by atoms with Gasteiger partial charge in [0.25, 0.3) is 5.91 Å². The first-order valence-corrected chi connectivity index (χ1v) is 8.22. The summed E-state index contributed by atoms with van der Waals surface area (Å²) in [5, 5.41) is 8.81. The second-order valence-corrected chi connectivity index (χ2v) is 5.99. The van der Waals surface area contributed by atoms with Gasteiger partial charge in [-0.05, 0) is 28.1 Å². The molecule has 118 valence electrons. The number of morpholine rings is 1. The van der Waals surface area contributed by atoms with Crippen molar-refractivity contribution >= 4 is 21.8 Å². The van der Waals surface area contributed by atoms with Crippen LogP contribution in [0, 0.1) is 11.3 Å². The summed E-state index contributed by atoms with van der Waals surface area (Å²) in [6.45, 7) is 5.19. The number of benzene rings is 1. The zero-order valence-electron chi connectivity index (χ0n) is 12.5. The topological polar surface area (TPSA) is 56.6 Å². The zero-order valence-corrected chi connectivity index (χ0v) is 14.1. The molecule has 0 aliphatic carbocycles. The molecule has 2 rings (SSSR count). The van der Waals surface area contributed by atoms with Crippen molar-refractivity contribution in [2.75, 3.05) is 45.9 Å². The molecule has 1 heterocycles. The average molecular weight is 366 g/mol. The maximum absolute atomic E-state index is 12.7. The summed E-state index contributed by atoms with van der Waals surface area (Å²) in [5.41, 5.74) is 0.641. The SMILES string of the molecule is N#CCCN(CCN1CCOCC1)C(=O)c1ccccc1Br. The number of carbonyl (C=O) groups excluding carboxylic acids is 1. The van der Waals surface area contributed by atoms with E-state index in [0.29, 0.717) is 25.1 Å². The first-order valence-electron chi connectivity index (χ1n) is 7.43. The van der Waals surface area contributed by atoms with Gasteiger partial charge in [0.05, 0.1) is 31.3 Å². The van der Waals surface area contributed by atoms with E-state index in [1.807, 2.05) is 18.2 Å². The van der Waals surface area contributed by atoms with Crippen molar-refractivity contribution in [3.05, 3.63) is 34.3 Å². The number of nitriles is 1. The summed E-state index contributed by atoms with van der Waals surface area (Å²) < 4.78 is 6.12. The van der Waals surface area contributed by atoms with Gasteiger partial charge in [0, 0.05) is 37.2 Å². The van der Waals surface area contributed by atoms with Crippen LogP contribution in [-0.2, 0) is 4.74 Å². The van der Waals surface area contributed by atoms with Gasteiger partial charge >= 0.3 is 0 Å². The Morgan fingerprint density at radius 2 is 2.05 bits per heavy atom. The molecule has 6 heteroatoms. The normalized spacial score (nSPS) is 15.3. The van der Waals surface area contributed by atoms with Gasteiger partial charge in [-0.2, -0.15) is 5.26 Å². The van der Waals surface area contributed by atoms with Crippen LogP contribution in [0.15, 0.2) is 28.7 Å². The molecule has 0 atom stereocenters. The van der Waals surface area contributed by atoms with Crippen LogP contribution in [0.4, 0.5) is 0 Å². The van der Waals surface area contributed by atoms with Crippen LogP contribution in [0.3, 0.4) is 0 Å². The van der Waals surface area contributed by atoms with Gasteiger partial charge in [-0.15, -0.1) is 0 Å². The van der Waals surface area contributed by atoms with Crippen LogP contribution in [-0.4, -0.2) is 61.6 Å². The Hall–Kier alpha value is -1.42. The summed E-state index contributed by atoms with van der Waals surface area (Å²) in [5.74, 6) is -0.0315. The lowest BCUT2D eigenvalue weighted by molar-refractivity contribution is 0.0326. The molecule has 1 amide bonds. The molecule has 0 spiro atoms. The van der Waals surface area contributed by atoms with Crippen LogP contribution in [0.25, 0.3) is 0 Å². The molecule has 0 radical (unpaired) electrons. The molecule has 1 aromatic rings. The highest BCUT2D eigenvalue weighted by Crippen LogP contribution is 2.18.